The Balaban J connectivity index is 1.03. The molecule has 3 N–H and O–H groups in total. The maximum Gasteiger partial charge on any atom is 0.407 e. The van der Waals surface area contributed by atoms with E-state index in [1.165, 1.54) is 20.0 Å². The van der Waals surface area contributed by atoms with Crippen LogP contribution in [0.15, 0.2) is 48.7 Å². The number of fused-ring (bicyclic) bond motifs is 1. The summed E-state index contributed by atoms with van der Waals surface area (Å²) in [5.74, 6) is 8.55. The normalized spacial score (nSPS) is 20.7. The van der Waals surface area contributed by atoms with Gasteiger partial charge in [-0.3, -0.25) is 9.59 Å². The van der Waals surface area contributed by atoms with Crippen LogP contribution in [0.3, 0.4) is 0 Å². The van der Waals surface area contributed by atoms with Crippen molar-refractivity contribution in [2.24, 2.45) is 23.2 Å². The van der Waals surface area contributed by atoms with Gasteiger partial charge in [-0.1, -0.05) is 65.0 Å². The van der Waals surface area contributed by atoms with Gasteiger partial charge in [-0.2, -0.15) is 0 Å². The van der Waals surface area contributed by atoms with Gasteiger partial charge in [0.25, 0.3) is 0 Å². The molecule has 0 unspecified atom stereocenters. The summed E-state index contributed by atoms with van der Waals surface area (Å²) >= 11 is 0. The molecule has 5 atom stereocenters. The third-order valence-electron chi connectivity index (χ3n) is 11.9. The zero-order valence-corrected chi connectivity index (χ0v) is 31.7. The molecule has 0 bridgehead atoms. The number of imidazole rings is 2. The lowest BCUT2D eigenvalue weighted by atomic mass is 9.96. The van der Waals surface area contributed by atoms with Gasteiger partial charge in [0.15, 0.2) is 0 Å². The highest BCUT2D eigenvalue weighted by Crippen LogP contribution is 2.58. The highest BCUT2D eigenvalue weighted by Gasteiger charge is 2.54. The number of benzene rings is 2. The van der Waals surface area contributed by atoms with Crippen LogP contribution in [0.2, 0.25) is 0 Å². The number of aromatic nitrogens is 4. The molecule has 1 saturated carbocycles. The Bertz CT molecular complexity index is 2050. The zero-order valence-electron chi connectivity index (χ0n) is 31.7. The number of rotatable bonds is 9. The largest absolute Gasteiger partial charge is 0.453 e. The second-order valence-electron chi connectivity index (χ2n) is 15.8. The third kappa shape index (κ3) is 7.41. The second-order valence-corrected chi connectivity index (χ2v) is 15.8. The number of methoxy groups -OCH3 is 1. The maximum absolute atomic E-state index is 13.7. The van der Waals surface area contributed by atoms with Gasteiger partial charge in [0, 0.05) is 30.1 Å². The molecule has 2 aromatic heterocycles. The number of likely N-dealkylation sites (tertiary alicyclic amines) is 2. The minimum absolute atomic E-state index is 0.0181. The van der Waals surface area contributed by atoms with Crippen molar-refractivity contribution < 1.29 is 19.1 Å². The standard InChI is InChI=1S/C42H51N7O4/c1-7-26(4)36(47-41(52)53-6)40(51)48-20-8-9-34(48)37-43-23-33(46-37)30-15-12-28(13-16-30)10-11-29-14-17-31-32(21-29)45-38(44-31)35-22-42(18-19-42)24-49(35)39(50)27(5)25(2)3/h12-17,21,23,25-27,34-36H,7-9,18-20,22,24H2,1-6H3,(H,43,46)(H,44,45)(H,47,52)/t26-,27-,34-,35-,36-/m0/s1. The van der Waals surface area contributed by atoms with E-state index in [9.17, 15) is 14.4 Å². The summed E-state index contributed by atoms with van der Waals surface area (Å²) in [6.45, 7) is 11.7. The highest BCUT2D eigenvalue weighted by atomic mass is 16.5. The minimum Gasteiger partial charge on any atom is -0.453 e. The molecular formula is C42H51N7O4. The first kappa shape index (κ1) is 36.3. The number of aromatic amines is 2. The maximum atomic E-state index is 13.7. The second kappa shape index (κ2) is 14.7. The van der Waals surface area contributed by atoms with Crippen LogP contribution < -0.4 is 5.32 Å². The van der Waals surface area contributed by atoms with E-state index in [4.69, 9.17) is 9.72 Å². The SMILES string of the molecule is CC[C@H](C)[C@H](NC(=O)OC)C(=O)N1CCC[C@H]1c1ncc(-c2ccc(C#Cc3ccc4nc([C@@H]5CC6(CC6)CN5C(=O)[C@@H](C)C(C)C)[nH]c4c3)cc2)[nH]1. The van der Waals surface area contributed by atoms with E-state index in [0.29, 0.717) is 12.5 Å². The van der Waals surface area contributed by atoms with Gasteiger partial charge in [0.1, 0.15) is 17.7 Å². The van der Waals surface area contributed by atoms with E-state index in [1.807, 2.05) is 68.1 Å². The fourth-order valence-electron chi connectivity index (χ4n) is 7.78. The molecule has 3 fully saturated rings. The molecule has 2 saturated heterocycles. The van der Waals surface area contributed by atoms with Crippen molar-refractivity contribution >= 4 is 28.9 Å². The van der Waals surface area contributed by atoms with Crippen molar-refractivity contribution in [1.82, 2.24) is 35.1 Å². The molecule has 1 spiro atoms. The van der Waals surface area contributed by atoms with E-state index in [1.54, 1.807) is 6.20 Å². The predicted octanol–water partition coefficient (Wildman–Crippen LogP) is 7.13. The van der Waals surface area contributed by atoms with Crippen LogP contribution in [0.25, 0.3) is 22.3 Å². The monoisotopic (exact) mass is 717 g/mol. The summed E-state index contributed by atoms with van der Waals surface area (Å²) in [6, 6.07) is 13.2. The first-order valence-electron chi connectivity index (χ1n) is 19.1. The fraction of sp³-hybridized carbons (Fsp3) is 0.500. The Morgan fingerprint density at radius 2 is 1.70 bits per heavy atom. The molecule has 11 heteroatoms. The lowest BCUT2D eigenvalue weighted by Gasteiger charge is -2.30. The third-order valence-corrected chi connectivity index (χ3v) is 11.9. The van der Waals surface area contributed by atoms with Gasteiger partial charge >= 0.3 is 6.09 Å². The number of alkyl carbamates (subject to hydrolysis) is 1. The Morgan fingerprint density at radius 1 is 0.962 bits per heavy atom. The lowest BCUT2D eigenvalue weighted by Crippen LogP contribution is -2.51. The molecule has 1 aliphatic carbocycles. The van der Waals surface area contributed by atoms with Crippen molar-refractivity contribution in [3.63, 3.8) is 0 Å². The molecule has 278 valence electrons. The van der Waals surface area contributed by atoms with Crippen LogP contribution in [-0.2, 0) is 14.3 Å². The molecule has 2 aromatic carbocycles. The Hall–Kier alpha value is -5.11. The first-order chi connectivity index (χ1) is 25.5. The molecule has 2 aliphatic heterocycles. The highest BCUT2D eigenvalue weighted by molar-refractivity contribution is 5.86. The molecule has 53 heavy (non-hydrogen) atoms. The van der Waals surface area contributed by atoms with Crippen molar-refractivity contribution in [3.8, 4) is 23.1 Å². The van der Waals surface area contributed by atoms with E-state index in [-0.39, 0.29) is 41.1 Å². The van der Waals surface area contributed by atoms with Crippen LogP contribution in [0, 0.1) is 35.0 Å². The van der Waals surface area contributed by atoms with Gasteiger partial charge in [-0.15, -0.1) is 0 Å². The molecule has 7 rings (SSSR count). The number of carbonyl (C=O) groups excluding carboxylic acids is 3. The molecular weight excluding hydrogens is 667 g/mol. The molecule has 4 heterocycles. The van der Waals surface area contributed by atoms with E-state index >= 15 is 0 Å². The quantitative estimate of drug-likeness (QED) is 0.158. The summed E-state index contributed by atoms with van der Waals surface area (Å²) < 4.78 is 4.80. The van der Waals surface area contributed by atoms with Crippen LogP contribution in [0.1, 0.15) is 108 Å². The number of nitrogens with one attached hydrogen (secondary N) is 3. The minimum atomic E-state index is -0.664. The van der Waals surface area contributed by atoms with E-state index in [2.05, 4.69) is 50.9 Å². The summed E-state index contributed by atoms with van der Waals surface area (Å²) in [5, 5.41) is 2.75. The zero-order chi connectivity index (χ0) is 37.4. The summed E-state index contributed by atoms with van der Waals surface area (Å²) in [5.41, 5.74) is 5.67. The van der Waals surface area contributed by atoms with Gasteiger partial charge in [0.05, 0.1) is 42.1 Å². The van der Waals surface area contributed by atoms with Crippen molar-refractivity contribution in [3.05, 3.63) is 71.4 Å². The van der Waals surface area contributed by atoms with Crippen molar-refractivity contribution in [2.75, 3.05) is 20.2 Å². The number of carbonyl (C=O) groups is 3. The molecule has 0 radical (unpaired) electrons. The number of H-pyrrole nitrogens is 2. The van der Waals surface area contributed by atoms with Crippen LogP contribution in [0.5, 0.6) is 0 Å². The predicted molar refractivity (Wildman–Crippen MR) is 203 cm³/mol. The topological polar surface area (TPSA) is 136 Å². The summed E-state index contributed by atoms with van der Waals surface area (Å²) in [6.07, 6.45) is 6.94. The number of amides is 3. The Kier molecular flexibility index (Phi) is 10.1. The van der Waals surface area contributed by atoms with E-state index in [0.717, 1.165) is 77.3 Å². The summed E-state index contributed by atoms with van der Waals surface area (Å²) in [4.78, 5) is 59.7. The number of ether oxygens (including phenoxy) is 1. The van der Waals surface area contributed by atoms with E-state index < -0.39 is 12.1 Å². The van der Waals surface area contributed by atoms with Gasteiger partial charge in [0.2, 0.25) is 11.8 Å². The van der Waals surface area contributed by atoms with Crippen LogP contribution in [0.4, 0.5) is 4.79 Å². The number of nitrogens with zero attached hydrogens (tertiary/aromatic N) is 4. The number of hydrogen-bond acceptors (Lipinski definition) is 6. The molecule has 3 aliphatic rings. The van der Waals surface area contributed by atoms with Gasteiger partial charge < -0.3 is 29.8 Å². The number of hydrogen-bond donors (Lipinski definition) is 3. The first-order valence-corrected chi connectivity index (χ1v) is 19.1. The van der Waals surface area contributed by atoms with Gasteiger partial charge in [-0.05, 0) is 85.3 Å². The van der Waals surface area contributed by atoms with Crippen molar-refractivity contribution in [1.29, 1.82) is 0 Å². The average molecular weight is 718 g/mol. The Labute approximate surface area is 311 Å². The van der Waals surface area contributed by atoms with Crippen LogP contribution in [-0.4, -0.2) is 73.9 Å². The van der Waals surface area contributed by atoms with Crippen LogP contribution >= 0.6 is 0 Å². The summed E-state index contributed by atoms with van der Waals surface area (Å²) in [7, 11) is 1.30. The average Bonchev–Trinajstić information content (AvgIpc) is 3.66. The molecule has 3 amide bonds. The Morgan fingerprint density at radius 3 is 2.40 bits per heavy atom. The van der Waals surface area contributed by atoms with Gasteiger partial charge in [-0.25, -0.2) is 14.8 Å². The lowest BCUT2D eigenvalue weighted by molar-refractivity contribution is -0.137. The molecule has 11 nitrogen and oxygen atoms in total. The molecule has 4 aromatic rings. The fourth-order valence-corrected chi connectivity index (χ4v) is 7.78. The van der Waals surface area contributed by atoms with Crippen molar-refractivity contribution in [2.45, 2.75) is 91.3 Å². The smallest absolute Gasteiger partial charge is 0.407 e.